The van der Waals surface area contributed by atoms with E-state index in [2.05, 4.69) is 35.0 Å². The standard InChI is InChI=1S/C16H22BrNO2/c1-12(18-11-14(10-17)9-16(18)19)3-4-13-5-7-15(20-2)8-6-13/h5-8,12,14H,3-4,9-11H2,1-2H3. The summed E-state index contributed by atoms with van der Waals surface area (Å²) in [7, 11) is 1.68. The first-order valence-electron chi connectivity index (χ1n) is 7.12. The molecule has 0 bridgehead atoms. The second-order valence-electron chi connectivity index (χ2n) is 5.51. The Morgan fingerprint density at radius 2 is 2.10 bits per heavy atom. The van der Waals surface area contributed by atoms with E-state index in [1.807, 2.05) is 17.0 Å². The first-order chi connectivity index (χ1) is 9.63. The van der Waals surface area contributed by atoms with Crippen LogP contribution < -0.4 is 4.74 Å². The van der Waals surface area contributed by atoms with Gasteiger partial charge in [-0.2, -0.15) is 0 Å². The third-order valence-electron chi connectivity index (χ3n) is 4.00. The summed E-state index contributed by atoms with van der Waals surface area (Å²) in [4.78, 5) is 14.0. The Bertz CT molecular complexity index is 446. The van der Waals surface area contributed by atoms with Crippen LogP contribution >= 0.6 is 15.9 Å². The molecule has 0 radical (unpaired) electrons. The number of hydrogen-bond acceptors (Lipinski definition) is 2. The summed E-state index contributed by atoms with van der Waals surface area (Å²) in [5, 5.41) is 0.917. The van der Waals surface area contributed by atoms with Crippen molar-refractivity contribution in [2.24, 2.45) is 5.92 Å². The van der Waals surface area contributed by atoms with Gasteiger partial charge in [-0.05, 0) is 43.4 Å². The van der Waals surface area contributed by atoms with E-state index >= 15 is 0 Å². The highest BCUT2D eigenvalue weighted by Gasteiger charge is 2.31. The number of alkyl halides is 1. The van der Waals surface area contributed by atoms with Crippen molar-refractivity contribution < 1.29 is 9.53 Å². The molecule has 0 N–H and O–H groups in total. The molecule has 0 saturated carbocycles. The fraction of sp³-hybridized carbons (Fsp3) is 0.562. The monoisotopic (exact) mass is 339 g/mol. The number of ether oxygens (including phenoxy) is 1. The van der Waals surface area contributed by atoms with Gasteiger partial charge in [0.25, 0.3) is 0 Å². The normalized spacial score (nSPS) is 20.2. The zero-order valence-electron chi connectivity index (χ0n) is 12.1. The Balaban J connectivity index is 1.85. The molecule has 1 heterocycles. The molecule has 1 aliphatic rings. The smallest absolute Gasteiger partial charge is 0.223 e. The number of methoxy groups -OCH3 is 1. The van der Waals surface area contributed by atoms with Gasteiger partial charge < -0.3 is 9.64 Å². The molecule has 1 aliphatic heterocycles. The first kappa shape index (κ1) is 15.4. The molecular formula is C16H22BrNO2. The maximum Gasteiger partial charge on any atom is 0.223 e. The van der Waals surface area contributed by atoms with E-state index in [4.69, 9.17) is 4.74 Å². The van der Waals surface area contributed by atoms with Crippen molar-refractivity contribution in [3.05, 3.63) is 29.8 Å². The van der Waals surface area contributed by atoms with Crippen LogP contribution in [0, 0.1) is 5.92 Å². The van der Waals surface area contributed by atoms with Gasteiger partial charge in [0.05, 0.1) is 7.11 Å². The number of likely N-dealkylation sites (tertiary alicyclic amines) is 1. The quantitative estimate of drug-likeness (QED) is 0.744. The maximum absolute atomic E-state index is 12.0. The Kier molecular flexibility index (Phi) is 5.46. The van der Waals surface area contributed by atoms with Crippen LogP contribution in [0.15, 0.2) is 24.3 Å². The van der Waals surface area contributed by atoms with Gasteiger partial charge in [0.1, 0.15) is 5.75 Å². The molecule has 4 heteroatoms. The fourth-order valence-corrected chi connectivity index (χ4v) is 3.10. The third-order valence-corrected chi connectivity index (χ3v) is 4.91. The van der Waals surface area contributed by atoms with Gasteiger partial charge in [0.15, 0.2) is 0 Å². The van der Waals surface area contributed by atoms with Crippen LogP contribution in [0.1, 0.15) is 25.3 Å². The fourth-order valence-electron chi connectivity index (χ4n) is 2.66. The minimum Gasteiger partial charge on any atom is -0.497 e. The summed E-state index contributed by atoms with van der Waals surface area (Å²) in [6.45, 7) is 3.05. The molecule has 0 spiro atoms. The van der Waals surface area contributed by atoms with Crippen LogP contribution in [-0.2, 0) is 11.2 Å². The van der Waals surface area contributed by atoms with E-state index in [0.29, 0.717) is 24.3 Å². The molecule has 1 saturated heterocycles. The van der Waals surface area contributed by atoms with Crippen LogP contribution in [-0.4, -0.2) is 35.8 Å². The lowest BCUT2D eigenvalue weighted by Gasteiger charge is -2.24. The molecule has 1 fully saturated rings. The molecule has 110 valence electrons. The molecule has 1 aromatic rings. The molecule has 2 unspecified atom stereocenters. The third kappa shape index (κ3) is 3.75. The lowest BCUT2D eigenvalue weighted by molar-refractivity contribution is -0.129. The van der Waals surface area contributed by atoms with Gasteiger partial charge in [0.2, 0.25) is 5.91 Å². The second kappa shape index (κ2) is 7.11. The van der Waals surface area contributed by atoms with E-state index in [1.165, 1.54) is 5.56 Å². The highest BCUT2D eigenvalue weighted by Crippen LogP contribution is 2.23. The first-order valence-corrected chi connectivity index (χ1v) is 8.24. The van der Waals surface area contributed by atoms with Gasteiger partial charge in [-0.1, -0.05) is 28.1 Å². The lowest BCUT2D eigenvalue weighted by atomic mass is 10.1. The van der Waals surface area contributed by atoms with E-state index in [9.17, 15) is 4.79 Å². The lowest BCUT2D eigenvalue weighted by Crippen LogP contribution is -2.34. The van der Waals surface area contributed by atoms with Crippen LogP contribution in [0.5, 0.6) is 5.75 Å². The van der Waals surface area contributed by atoms with E-state index in [-0.39, 0.29) is 0 Å². The van der Waals surface area contributed by atoms with Gasteiger partial charge in [0, 0.05) is 24.3 Å². The van der Waals surface area contributed by atoms with Gasteiger partial charge in [-0.15, -0.1) is 0 Å². The second-order valence-corrected chi connectivity index (χ2v) is 6.15. The molecule has 2 atom stereocenters. The Morgan fingerprint density at radius 1 is 1.40 bits per heavy atom. The molecular weight excluding hydrogens is 318 g/mol. The van der Waals surface area contributed by atoms with Gasteiger partial charge in [-0.25, -0.2) is 0 Å². The van der Waals surface area contributed by atoms with Gasteiger partial charge in [-0.3, -0.25) is 4.79 Å². The molecule has 1 amide bonds. The van der Waals surface area contributed by atoms with Crippen molar-refractivity contribution >= 4 is 21.8 Å². The van der Waals surface area contributed by atoms with Crippen molar-refractivity contribution in [3.8, 4) is 5.75 Å². The van der Waals surface area contributed by atoms with Crippen molar-refractivity contribution in [3.63, 3.8) is 0 Å². The van der Waals surface area contributed by atoms with Crippen LogP contribution in [0.2, 0.25) is 0 Å². The highest BCUT2D eigenvalue weighted by atomic mass is 79.9. The Labute approximate surface area is 129 Å². The summed E-state index contributed by atoms with van der Waals surface area (Å²) in [5.41, 5.74) is 1.29. The summed E-state index contributed by atoms with van der Waals surface area (Å²) in [6, 6.07) is 8.48. The maximum atomic E-state index is 12.0. The SMILES string of the molecule is COc1ccc(CCC(C)N2CC(CBr)CC2=O)cc1. The zero-order valence-corrected chi connectivity index (χ0v) is 13.7. The summed E-state index contributed by atoms with van der Waals surface area (Å²) < 4.78 is 5.16. The number of benzene rings is 1. The predicted molar refractivity (Wildman–Crippen MR) is 84.4 cm³/mol. The minimum atomic E-state index is 0.302. The van der Waals surface area contributed by atoms with E-state index in [1.54, 1.807) is 7.11 Å². The molecule has 0 aliphatic carbocycles. The average Bonchev–Trinajstić information content (AvgIpc) is 2.86. The molecule has 2 rings (SSSR count). The van der Waals surface area contributed by atoms with E-state index < -0.39 is 0 Å². The molecule has 0 aromatic heterocycles. The zero-order chi connectivity index (χ0) is 14.5. The Morgan fingerprint density at radius 3 is 2.65 bits per heavy atom. The van der Waals surface area contributed by atoms with Crippen LogP contribution in [0.3, 0.4) is 0 Å². The molecule has 3 nitrogen and oxygen atoms in total. The minimum absolute atomic E-state index is 0.302. The number of rotatable bonds is 6. The number of amides is 1. The topological polar surface area (TPSA) is 29.5 Å². The van der Waals surface area contributed by atoms with Crippen molar-refractivity contribution in [2.75, 3.05) is 19.0 Å². The summed E-state index contributed by atoms with van der Waals surface area (Å²) >= 11 is 3.48. The largest absolute Gasteiger partial charge is 0.497 e. The van der Waals surface area contributed by atoms with Gasteiger partial charge >= 0.3 is 0 Å². The van der Waals surface area contributed by atoms with Crippen LogP contribution in [0.4, 0.5) is 0 Å². The number of nitrogens with zero attached hydrogens (tertiary/aromatic N) is 1. The Hall–Kier alpha value is -1.03. The number of carbonyl (C=O) groups is 1. The summed E-state index contributed by atoms with van der Waals surface area (Å²) in [6.07, 6.45) is 2.69. The number of halogens is 1. The highest BCUT2D eigenvalue weighted by molar-refractivity contribution is 9.09. The average molecular weight is 340 g/mol. The summed E-state index contributed by atoms with van der Waals surface area (Å²) in [5.74, 6) is 1.67. The number of aryl methyl sites for hydroxylation is 1. The number of carbonyl (C=O) groups excluding carboxylic acids is 1. The van der Waals surface area contributed by atoms with Crippen molar-refractivity contribution in [1.82, 2.24) is 4.90 Å². The predicted octanol–water partition coefficient (Wildman–Crippen LogP) is 3.26. The van der Waals surface area contributed by atoms with Crippen LogP contribution in [0.25, 0.3) is 0 Å². The molecule has 1 aromatic carbocycles. The molecule has 20 heavy (non-hydrogen) atoms. The van der Waals surface area contributed by atoms with Crippen molar-refractivity contribution in [1.29, 1.82) is 0 Å². The van der Waals surface area contributed by atoms with E-state index in [0.717, 1.165) is 30.5 Å². The number of hydrogen-bond donors (Lipinski definition) is 0. The van der Waals surface area contributed by atoms with Crippen molar-refractivity contribution in [2.45, 2.75) is 32.2 Å².